The molecule has 1 fully saturated rings. The number of rotatable bonds is 5. The minimum Gasteiger partial charge on any atom is -0.370 e. The molecule has 1 aliphatic heterocycles. The van der Waals surface area contributed by atoms with Crippen molar-refractivity contribution in [1.29, 1.82) is 0 Å². The second-order valence-corrected chi connectivity index (χ2v) is 7.58. The Balaban J connectivity index is 2.07. The summed E-state index contributed by atoms with van der Waals surface area (Å²) in [5.41, 5.74) is 2.65. The predicted molar refractivity (Wildman–Crippen MR) is 95.0 cm³/mol. The predicted octanol–water partition coefficient (Wildman–Crippen LogP) is 3.33. The quantitative estimate of drug-likeness (QED) is 0.875. The first kappa shape index (κ1) is 16.8. The van der Waals surface area contributed by atoms with Crippen molar-refractivity contribution in [3.63, 3.8) is 0 Å². The molecule has 0 bridgehead atoms. The molecule has 2 unspecified atom stereocenters. The Hall–Kier alpha value is -0.580. The average Bonchev–Trinajstić information content (AvgIpc) is 2.79. The van der Waals surface area contributed by atoms with Crippen LogP contribution in [0.15, 0.2) is 22.7 Å². The monoisotopic (exact) mass is 353 g/mol. The van der Waals surface area contributed by atoms with Crippen molar-refractivity contribution in [1.82, 2.24) is 10.2 Å². The normalized spacial score (nSPS) is 22.6. The van der Waals surface area contributed by atoms with E-state index in [9.17, 15) is 0 Å². The number of halogens is 1. The van der Waals surface area contributed by atoms with Gasteiger partial charge in [0.25, 0.3) is 0 Å². The van der Waals surface area contributed by atoms with Gasteiger partial charge in [-0.3, -0.25) is 0 Å². The Morgan fingerprint density at radius 2 is 2.05 bits per heavy atom. The zero-order chi connectivity index (χ0) is 15.6. The summed E-state index contributed by atoms with van der Waals surface area (Å²) in [4.78, 5) is 4.85. The lowest BCUT2D eigenvalue weighted by atomic mass is 10.1. The minimum atomic E-state index is 0.511. The van der Waals surface area contributed by atoms with Gasteiger partial charge in [-0.05, 0) is 37.7 Å². The molecule has 0 saturated carbocycles. The van der Waals surface area contributed by atoms with Crippen LogP contribution in [-0.4, -0.2) is 44.2 Å². The fourth-order valence-corrected chi connectivity index (χ4v) is 3.53. The summed E-state index contributed by atoms with van der Waals surface area (Å²) in [6, 6.07) is 7.92. The standard InChI is InChI=1S/C17H28BrN3/c1-12(2)19-9-14-6-7-15(8-16(14)18)21-10-13(3)17(11-21)20(4)5/h6-8,12-13,17,19H,9-11H2,1-5H3. The van der Waals surface area contributed by atoms with Crippen LogP contribution in [0.25, 0.3) is 0 Å². The van der Waals surface area contributed by atoms with Crippen LogP contribution in [0.1, 0.15) is 26.3 Å². The molecule has 3 nitrogen and oxygen atoms in total. The summed E-state index contributed by atoms with van der Waals surface area (Å²) < 4.78 is 1.20. The van der Waals surface area contributed by atoms with Crippen LogP contribution in [0.5, 0.6) is 0 Å². The molecule has 1 saturated heterocycles. The number of nitrogens with one attached hydrogen (secondary N) is 1. The molecule has 1 aliphatic rings. The molecular weight excluding hydrogens is 326 g/mol. The molecule has 2 atom stereocenters. The zero-order valence-electron chi connectivity index (χ0n) is 13.9. The molecule has 0 aliphatic carbocycles. The van der Waals surface area contributed by atoms with E-state index in [0.717, 1.165) is 19.6 Å². The molecule has 0 aromatic heterocycles. The van der Waals surface area contributed by atoms with E-state index in [0.29, 0.717) is 18.0 Å². The Labute approximate surface area is 137 Å². The van der Waals surface area contributed by atoms with Gasteiger partial charge >= 0.3 is 0 Å². The first-order chi connectivity index (χ1) is 9.88. The van der Waals surface area contributed by atoms with Gasteiger partial charge in [-0.25, -0.2) is 0 Å². The summed E-state index contributed by atoms with van der Waals surface area (Å²) in [6.07, 6.45) is 0. The Morgan fingerprint density at radius 3 is 2.57 bits per heavy atom. The second kappa shape index (κ2) is 7.12. The summed E-state index contributed by atoms with van der Waals surface area (Å²) >= 11 is 3.73. The van der Waals surface area contributed by atoms with Crippen molar-refractivity contribution >= 4 is 21.6 Å². The molecule has 21 heavy (non-hydrogen) atoms. The molecular formula is C17H28BrN3. The van der Waals surface area contributed by atoms with Crippen molar-refractivity contribution in [2.45, 2.75) is 39.4 Å². The van der Waals surface area contributed by atoms with Gasteiger partial charge in [0, 0.05) is 41.9 Å². The van der Waals surface area contributed by atoms with E-state index in [-0.39, 0.29) is 0 Å². The van der Waals surface area contributed by atoms with Gasteiger partial charge in [-0.2, -0.15) is 0 Å². The second-order valence-electron chi connectivity index (χ2n) is 6.72. The van der Waals surface area contributed by atoms with E-state index in [1.54, 1.807) is 0 Å². The average molecular weight is 354 g/mol. The Kier molecular flexibility index (Phi) is 5.69. The van der Waals surface area contributed by atoms with Crippen molar-refractivity contribution in [3.8, 4) is 0 Å². The Bertz CT molecular complexity index is 473. The third-order valence-electron chi connectivity index (χ3n) is 4.34. The zero-order valence-corrected chi connectivity index (χ0v) is 15.4. The minimum absolute atomic E-state index is 0.511. The summed E-state index contributed by atoms with van der Waals surface area (Å²) in [6.45, 7) is 9.86. The maximum absolute atomic E-state index is 3.73. The lowest BCUT2D eigenvalue weighted by molar-refractivity contribution is 0.266. The molecule has 1 aromatic rings. The number of anilines is 1. The van der Waals surface area contributed by atoms with Gasteiger partial charge in [0.1, 0.15) is 0 Å². The molecule has 118 valence electrons. The number of nitrogens with zero attached hydrogens (tertiary/aromatic N) is 2. The molecule has 2 rings (SSSR count). The van der Waals surface area contributed by atoms with Crippen LogP contribution in [0.3, 0.4) is 0 Å². The summed E-state index contributed by atoms with van der Waals surface area (Å²) in [5, 5.41) is 3.47. The highest BCUT2D eigenvalue weighted by molar-refractivity contribution is 9.10. The van der Waals surface area contributed by atoms with Crippen LogP contribution in [0, 0.1) is 5.92 Å². The van der Waals surface area contributed by atoms with Gasteiger partial charge in [0.05, 0.1) is 0 Å². The van der Waals surface area contributed by atoms with Crippen LogP contribution in [0.4, 0.5) is 5.69 Å². The maximum atomic E-state index is 3.73. The fourth-order valence-electron chi connectivity index (χ4n) is 3.02. The van der Waals surface area contributed by atoms with E-state index in [4.69, 9.17) is 0 Å². The summed E-state index contributed by atoms with van der Waals surface area (Å²) in [5.74, 6) is 0.709. The lowest BCUT2D eigenvalue weighted by Crippen LogP contribution is -2.34. The van der Waals surface area contributed by atoms with Gasteiger partial charge in [-0.1, -0.05) is 42.8 Å². The van der Waals surface area contributed by atoms with E-state index in [1.807, 2.05) is 0 Å². The van der Waals surface area contributed by atoms with E-state index in [1.165, 1.54) is 15.7 Å². The molecule has 0 radical (unpaired) electrons. The van der Waals surface area contributed by atoms with Gasteiger partial charge in [-0.15, -0.1) is 0 Å². The third-order valence-corrected chi connectivity index (χ3v) is 5.08. The molecule has 0 spiro atoms. The fraction of sp³-hybridized carbons (Fsp3) is 0.647. The van der Waals surface area contributed by atoms with Crippen molar-refractivity contribution < 1.29 is 0 Å². The van der Waals surface area contributed by atoms with Crippen LogP contribution < -0.4 is 10.2 Å². The van der Waals surface area contributed by atoms with Crippen molar-refractivity contribution in [2.75, 3.05) is 32.1 Å². The van der Waals surface area contributed by atoms with Crippen LogP contribution in [-0.2, 0) is 6.54 Å². The van der Waals surface area contributed by atoms with Crippen molar-refractivity contribution in [3.05, 3.63) is 28.2 Å². The molecule has 1 aromatic carbocycles. The van der Waals surface area contributed by atoms with Gasteiger partial charge in [0.15, 0.2) is 0 Å². The molecule has 1 N–H and O–H groups in total. The van der Waals surface area contributed by atoms with Crippen molar-refractivity contribution in [2.24, 2.45) is 5.92 Å². The topological polar surface area (TPSA) is 18.5 Å². The number of benzene rings is 1. The smallest absolute Gasteiger partial charge is 0.0378 e. The SMILES string of the molecule is CC(C)NCc1ccc(N2CC(C)C(N(C)C)C2)cc1Br. The number of hydrogen-bond acceptors (Lipinski definition) is 3. The van der Waals surface area contributed by atoms with E-state index in [2.05, 4.69) is 84.1 Å². The molecule has 4 heteroatoms. The lowest BCUT2D eigenvalue weighted by Gasteiger charge is -2.23. The largest absolute Gasteiger partial charge is 0.370 e. The highest BCUT2D eigenvalue weighted by atomic mass is 79.9. The number of hydrogen-bond donors (Lipinski definition) is 1. The van der Waals surface area contributed by atoms with E-state index < -0.39 is 0 Å². The van der Waals surface area contributed by atoms with Crippen LogP contribution >= 0.6 is 15.9 Å². The molecule has 1 heterocycles. The highest BCUT2D eigenvalue weighted by Gasteiger charge is 2.31. The van der Waals surface area contributed by atoms with Crippen LogP contribution in [0.2, 0.25) is 0 Å². The highest BCUT2D eigenvalue weighted by Crippen LogP contribution is 2.29. The Morgan fingerprint density at radius 1 is 1.33 bits per heavy atom. The molecule has 0 amide bonds. The van der Waals surface area contributed by atoms with E-state index >= 15 is 0 Å². The van der Waals surface area contributed by atoms with Gasteiger partial charge < -0.3 is 15.1 Å². The first-order valence-corrected chi connectivity index (χ1v) is 8.61. The third kappa shape index (κ3) is 4.21. The van der Waals surface area contributed by atoms with Gasteiger partial charge in [0.2, 0.25) is 0 Å². The first-order valence-electron chi connectivity index (χ1n) is 7.81. The summed E-state index contributed by atoms with van der Waals surface area (Å²) in [7, 11) is 4.36. The number of likely N-dealkylation sites (N-methyl/N-ethyl adjacent to an activating group) is 1. The maximum Gasteiger partial charge on any atom is 0.0378 e.